The second kappa shape index (κ2) is 12.9. The number of rotatable bonds is 10. The summed E-state index contributed by atoms with van der Waals surface area (Å²) >= 11 is 7.98. The molecule has 1 saturated heterocycles. The first kappa shape index (κ1) is 26.9. The Bertz CT molecular complexity index is 1300. The molecule has 1 aliphatic heterocycles. The molecule has 11 heteroatoms. The maximum atomic E-state index is 12.7. The van der Waals surface area contributed by atoms with Crippen LogP contribution in [0.4, 0.5) is 0 Å². The van der Waals surface area contributed by atoms with Crippen molar-refractivity contribution >= 4 is 74.9 Å². The number of hydrazine groups is 1. The normalized spacial score (nSPS) is 14.5. The second-order valence-electron chi connectivity index (χ2n) is 8.50. The van der Waals surface area contributed by atoms with E-state index in [1.165, 1.54) is 29.1 Å². The SMILES string of the molecule is Cc1ccc(/C=C2\SC(=S)N(CCCCCC(=O)NNC(=O)CSc3nc4ccccc4[nH]3)C2=O)cc1. The van der Waals surface area contributed by atoms with Gasteiger partial charge in [-0.1, -0.05) is 84.1 Å². The summed E-state index contributed by atoms with van der Waals surface area (Å²) in [6.45, 7) is 2.54. The van der Waals surface area contributed by atoms with Crippen molar-refractivity contribution in [2.24, 2.45) is 0 Å². The molecule has 0 atom stereocenters. The number of imidazole rings is 1. The van der Waals surface area contributed by atoms with Crippen LogP contribution in [0.1, 0.15) is 36.8 Å². The van der Waals surface area contributed by atoms with Gasteiger partial charge in [0, 0.05) is 13.0 Å². The zero-order chi connectivity index (χ0) is 26.2. The standard InChI is InChI=1S/C26H27N5O3S3/c1-17-10-12-18(13-11-17)15-21-24(34)31(26(35)37-21)14-6-2-3-9-22(32)29-30-23(33)16-36-25-27-19-7-4-5-8-20(19)28-25/h4-5,7-8,10-13,15H,2-3,6,9,14,16H2,1H3,(H,27,28)(H,29,32)(H,30,33)/b21-15-. The van der Waals surface area contributed by atoms with Crippen LogP contribution in [0.3, 0.4) is 0 Å². The molecular formula is C26H27N5O3S3. The molecule has 0 aliphatic carbocycles. The van der Waals surface area contributed by atoms with Crippen LogP contribution in [0.15, 0.2) is 58.6 Å². The third kappa shape index (κ3) is 7.67. The zero-order valence-electron chi connectivity index (χ0n) is 20.3. The van der Waals surface area contributed by atoms with E-state index in [1.807, 2.05) is 61.5 Å². The average Bonchev–Trinajstić information content (AvgIpc) is 3.42. The summed E-state index contributed by atoms with van der Waals surface area (Å²) in [5, 5.41) is 0.648. The summed E-state index contributed by atoms with van der Waals surface area (Å²) in [4.78, 5) is 46.6. The van der Waals surface area contributed by atoms with Crippen LogP contribution in [0, 0.1) is 6.92 Å². The average molecular weight is 554 g/mol. The molecule has 3 aromatic rings. The van der Waals surface area contributed by atoms with E-state index in [1.54, 1.807) is 4.90 Å². The Balaban J connectivity index is 1.10. The van der Waals surface area contributed by atoms with Crippen molar-refractivity contribution in [2.75, 3.05) is 12.3 Å². The number of benzene rings is 2. The number of hydrogen-bond acceptors (Lipinski definition) is 7. The first-order valence-electron chi connectivity index (χ1n) is 11.9. The molecule has 3 amide bonds. The number of carbonyl (C=O) groups is 3. The lowest BCUT2D eigenvalue weighted by Crippen LogP contribution is -2.42. The summed E-state index contributed by atoms with van der Waals surface area (Å²) in [6.07, 6.45) is 4.29. The number of nitrogens with one attached hydrogen (secondary N) is 3. The number of para-hydroxylation sites is 2. The summed E-state index contributed by atoms with van der Waals surface area (Å²) < 4.78 is 0.560. The minimum absolute atomic E-state index is 0.0726. The van der Waals surface area contributed by atoms with Crippen molar-refractivity contribution in [2.45, 2.75) is 37.8 Å². The van der Waals surface area contributed by atoms with Gasteiger partial charge in [0.1, 0.15) is 4.32 Å². The van der Waals surface area contributed by atoms with Crippen LogP contribution >= 0.6 is 35.7 Å². The van der Waals surface area contributed by atoms with Gasteiger partial charge in [-0.05, 0) is 43.5 Å². The molecule has 4 rings (SSSR count). The molecule has 192 valence electrons. The van der Waals surface area contributed by atoms with Gasteiger partial charge < -0.3 is 4.98 Å². The van der Waals surface area contributed by atoms with Crippen LogP contribution in [-0.4, -0.2) is 49.2 Å². The highest BCUT2D eigenvalue weighted by molar-refractivity contribution is 8.26. The Hall–Kier alpha value is -3.15. The maximum absolute atomic E-state index is 12.7. The van der Waals surface area contributed by atoms with Crippen LogP contribution in [0.2, 0.25) is 0 Å². The topological polar surface area (TPSA) is 107 Å². The zero-order valence-corrected chi connectivity index (χ0v) is 22.7. The highest BCUT2D eigenvalue weighted by Gasteiger charge is 2.31. The lowest BCUT2D eigenvalue weighted by molar-refractivity contribution is -0.127. The van der Waals surface area contributed by atoms with Gasteiger partial charge in [0.05, 0.1) is 21.7 Å². The van der Waals surface area contributed by atoms with Crippen molar-refractivity contribution in [3.63, 3.8) is 0 Å². The summed E-state index contributed by atoms with van der Waals surface area (Å²) in [6, 6.07) is 15.6. The molecule has 0 saturated carbocycles. The predicted octanol–water partition coefficient (Wildman–Crippen LogP) is 4.57. The summed E-state index contributed by atoms with van der Waals surface area (Å²) in [5.74, 6) is -0.514. The predicted molar refractivity (Wildman–Crippen MR) is 153 cm³/mol. The first-order chi connectivity index (χ1) is 17.9. The lowest BCUT2D eigenvalue weighted by atomic mass is 10.1. The Labute approximate surface area is 229 Å². The van der Waals surface area contributed by atoms with E-state index >= 15 is 0 Å². The van der Waals surface area contributed by atoms with Gasteiger partial charge in [0.15, 0.2) is 5.16 Å². The fourth-order valence-electron chi connectivity index (χ4n) is 3.61. The van der Waals surface area contributed by atoms with Crippen molar-refractivity contribution in [3.05, 3.63) is 64.6 Å². The Morgan fingerprint density at radius 2 is 1.84 bits per heavy atom. The number of hydrogen-bond donors (Lipinski definition) is 3. The number of fused-ring (bicyclic) bond motifs is 1. The van der Waals surface area contributed by atoms with Crippen LogP contribution in [0.25, 0.3) is 17.1 Å². The van der Waals surface area contributed by atoms with E-state index in [0.717, 1.165) is 29.4 Å². The second-order valence-corrected chi connectivity index (χ2v) is 11.1. The van der Waals surface area contributed by atoms with Gasteiger partial charge in [0.25, 0.3) is 5.91 Å². The van der Waals surface area contributed by atoms with Gasteiger partial charge in [-0.15, -0.1) is 0 Å². The minimum atomic E-state index is -0.313. The maximum Gasteiger partial charge on any atom is 0.266 e. The quantitative estimate of drug-likeness (QED) is 0.111. The molecule has 1 aliphatic rings. The van der Waals surface area contributed by atoms with E-state index < -0.39 is 0 Å². The van der Waals surface area contributed by atoms with E-state index in [-0.39, 0.29) is 29.9 Å². The Kier molecular flexibility index (Phi) is 9.37. The number of carbonyl (C=O) groups excluding carboxylic acids is 3. The largest absolute Gasteiger partial charge is 0.333 e. The lowest BCUT2D eigenvalue weighted by Gasteiger charge is -2.14. The van der Waals surface area contributed by atoms with Crippen LogP contribution < -0.4 is 10.9 Å². The van der Waals surface area contributed by atoms with Gasteiger partial charge in [-0.25, -0.2) is 4.98 Å². The van der Waals surface area contributed by atoms with E-state index in [2.05, 4.69) is 20.8 Å². The third-order valence-electron chi connectivity index (χ3n) is 5.58. The number of nitrogens with zero attached hydrogens (tertiary/aromatic N) is 2. The third-order valence-corrected chi connectivity index (χ3v) is 7.83. The molecule has 2 aromatic carbocycles. The fraction of sp³-hybridized carbons (Fsp3) is 0.269. The van der Waals surface area contributed by atoms with Crippen molar-refractivity contribution in [1.82, 2.24) is 25.7 Å². The monoisotopic (exact) mass is 553 g/mol. The van der Waals surface area contributed by atoms with Crippen molar-refractivity contribution in [1.29, 1.82) is 0 Å². The van der Waals surface area contributed by atoms with Gasteiger partial charge in [0.2, 0.25) is 11.8 Å². The number of amides is 3. The number of H-pyrrole nitrogens is 1. The number of aromatic nitrogens is 2. The molecule has 0 spiro atoms. The highest BCUT2D eigenvalue weighted by atomic mass is 32.2. The van der Waals surface area contributed by atoms with Crippen LogP contribution in [0.5, 0.6) is 0 Å². The highest BCUT2D eigenvalue weighted by Crippen LogP contribution is 2.32. The molecule has 2 heterocycles. The van der Waals surface area contributed by atoms with Gasteiger partial charge in [-0.3, -0.25) is 30.1 Å². The van der Waals surface area contributed by atoms with Crippen LogP contribution in [-0.2, 0) is 14.4 Å². The first-order valence-corrected chi connectivity index (χ1v) is 14.1. The molecule has 1 aromatic heterocycles. The van der Waals surface area contributed by atoms with E-state index in [4.69, 9.17) is 12.2 Å². The van der Waals surface area contributed by atoms with Gasteiger partial charge in [-0.2, -0.15) is 0 Å². The molecule has 0 unspecified atom stereocenters. The van der Waals surface area contributed by atoms with Gasteiger partial charge >= 0.3 is 0 Å². The number of thiocarbonyl (C=S) groups is 1. The molecule has 37 heavy (non-hydrogen) atoms. The molecule has 1 fully saturated rings. The van der Waals surface area contributed by atoms with E-state index in [9.17, 15) is 14.4 Å². The van der Waals surface area contributed by atoms with Crippen molar-refractivity contribution < 1.29 is 14.4 Å². The number of unbranched alkanes of at least 4 members (excludes halogenated alkanes) is 2. The number of aryl methyl sites for hydroxylation is 1. The number of aromatic amines is 1. The molecule has 3 N–H and O–H groups in total. The molecule has 0 bridgehead atoms. The smallest absolute Gasteiger partial charge is 0.266 e. The molecular weight excluding hydrogens is 527 g/mol. The Morgan fingerprint density at radius 3 is 2.62 bits per heavy atom. The molecule has 8 nitrogen and oxygen atoms in total. The summed E-state index contributed by atoms with van der Waals surface area (Å²) in [7, 11) is 0. The van der Waals surface area contributed by atoms with Crippen molar-refractivity contribution in [3.8, 4) is 0 Å². The van der Waals surface area contributed by atoms with E-state index in [0.29, 0.717) is 27.3 Å². The fourth-order valence-corrected chi connectivity index (χ4v) is 5.60. The molecule has 0 radical (unpaired) electrons. The summed E-state index contributed by atoms with van der Waals surface area (Å²) in [5.41, 5.74) is 8.76. The Morgan fingerprint density at radius 1 is 1.08 bits per heavy atom. The number of thioether (sulfide) groups is 2. The minimum Gasteiger partial charge on any atom is -0.333 e.